The van der Waals surface area contributed by atoms with Gasteiger partial charge in [-0.15, -0.1) is 0 Å². The molecule has 0 aliphatic carbocycles. The van der Waals surface area contributed by atoms with Crippen molar-refractivity contribution >= 4 is 0 Å². The summed E-state index contributed by atoms with van der Waals surface area (Å²) in [7, 11) is 0. The van der Waals surface area contributed by atoms with Crippen LogP contribution in [0.2, 0.25) is 0 Å². The van der Waals surface area contributed by atoms with Crippen LogP contribution in [-0.4, -0.2) is 6.54 Å². The third-order valence-corrected chi connectivity index (χ3v) is 3.97. The highest BCUT2D eigenvalue weighted by Gasteiger charge is 1.92. The van der Waals surface area contributed by atoms with Crippen LogP contribution < -0.4 is 5.73 Å². The summed E-state index contributed by atoms with van der Waals surface area (Å²) >= 11 is 0. The summed E-state index contributed by atoms with van der Waals surface area (Å²) in [6, 6.07) is 0. The lowest BCUT2D eigenvalue weighted by Crippen LogP contribution is -1.96. The van der Waals surface area contributed by atoms with Gasteiger partial charge in [-0.2, -0.15) is 0 Å². The van der Waals surface area contributed by atoms with E-state index in [0.717, 1.165) is 19.4 Å². The zero-order valence-electron chi connectivity index (χ0n) is 14.0. The third kappa shape index (κ3) is 17.7. The second-order valence-electron chi connectivity index (χ2n) is 6.08. The van der Waals surface area contributed by atoms with Crippen LogP contribution in [0.25, 0.3) is 0 Å². The van der Waals surface area contributed by atoms with Crippen LogP contribution in [0.1, 0.15) is 103 Å². The second kappa shape index (κ2) is 18.7. The van der Waals surface area contributed by atoms with E-state index < -0.39 is 0 Å². The predicted molar refractivity (Wildman–Crippen MR) is 93.1 cm³/mol. The molecule has 0 atom stereocenters. The van der Waals surface area contributed by atoms with Gasteiger partial charge >= 0.3 is 0 Å². The molecule has 20 heavy (non-hydrogen) atoms. The highest BCUT2D eigenvalue weighted by molar-refractivity contribution is 4.81. The molecule has 0 radical (unpaired) electrons. The van der Waals surface area contributed by atoms with Gasteiger partial charge in [0.1, 0.15) is 0 Å². The van der Waals surface area contributed by atoms with Crippen LogP contribution >= 0.6 is 0 Å². The maximum atomic E-state index is 5.46. The van der Waals surface area contributed by atoms with Gasteiger partial charge in [0.05, 0.1) is 0 Å². The fraction of sp³-hybridized carbons (Fsp3) is 0.895. The first-order chi connectivity index (χ1) is 9.91. The molecule has 0 spiro atoms. The maximum absolute atomic E-state index is 5.46. The first-order valence-corrected chi connectivity index (χ1v) is 9.27. The largest absolute Gasteiger partial charge is 0.330 e. The van der Waals surface area contributed by atoms with Gasteiger partial charge in [0.2, 0.25) is 0 Å². The van der Waals surface area contributed by atoms with Gasteiger partial charge in [-0.3, -0.25) is 0 Å². The van der Waals surface area contributed by atoms with Crippen LogP contribution in [-0.2, 0) is 0 Å². The van der Waals surface area contributed by atoms with Gasteiger partial charge in [0, 0.05) is 0 Å². The number of nitrogens with two attached hydrogens (primary N) is 1. The van der Waals surface area contributed by atoms with E-state index in [1.54, 1.807) is 0 Å². The average molecular weight is 282 g/mol. The van der Waals surface area contributed by atoms with E-state index >= 15 is 0 Å². The van der Waals surface area contributed by atoms with Crippen LogP contribution in [0, 0.1) is 0 Å². The Bertz CT molecular complexity index is 186. The minimum Gasteiger partial charge on any atom is -0.330 e. The van der Waals surface area contributed by atoms with Crippen molar-refractivity contribution in [1.82, 2.24) is 0 Å². The van der Waals surface area contributed by atoms with E-state index in [-0.39, 0.29) is 0 Å². The van der Waals surface area contributed by atoms with E-state index in [2.05, 4.69) is 19.1 Å². The first kappa shape index (κ1) is 19.7. The van der Waals surface area contributed by atoms with E-state index in [0.29, 0.717) is 0 Å². The Hall–Kier alpha value is -0.300. The highest BCUT2D eigenvalue weighted by Crippen LogP contribution is 2.12. The quantitative estimate of drug-likeness (QED) is 0.258. The van der Waals surface area contributed by atoms with E-state index in [4.69, 9.17) is 5.73 Å². The lowest BCUT2D eigenvalue weighted by atomic mass is 10.0. The zero-order chi connectivity index (χ0) is 14.7. The minimum absolute atomic E-state index is 0.822. The van der Waals surface area contributed by atoms with Crippen molar-refractivity contribution in [2.75, 3.05) is 6.54 Å². The van der Waals surface area contributed by atoms with Crippen molar-refractivity contribution in [3.05, 3.63) is 12.2 Å². The Morgan fingerprint density at radius 1 is 0.550 bits per heavy atom. The summed E-state index contributed by atoms with van der Waals surface area (Å²) in [5.41, 5.74) is 5.46. The fourth-order valence-corrected chi connectivity index (χ4v) is 2.57. The molecule has 0 aliphatic rings. The Balaban J connectivity index is 2.97. The lowest BCUT2D eigenvalue weighted by molar-refractivity contribution is 0.545. The van der Waals surface area contributed by atoms with Gasteiger partial charge in [0.25, 0.3) is 0 Å². The van der Waals surface area contributed by atoms with Gasteiger partial charge < -0.3 is 5.73 Å². The van der Waals surface area contributed by atoms with Crippen molar-refractivity contribution in [3.63, 3.8) is 0 Å². The van der Waals surface area contributed by atoms with Crippen LogP contribution in [0.15, 0.2) is 12.2 Å². The number of unbranched alkanes of at least 4 members (excludes halogenated alkanes) is 13. The molecule has 120 valence electrons. The summed E-state index contributed by atoms with van der Waals surface area (Å²) in [6.07, 6.45) is 25.4. The van der Waals surface area contributed by atoms with Crippen molar-refractivity contribution in [2.24, 2.45) is 5.73 Å². The molecule has 0 aromatic carbocycles. The molecule has 0 aromatic rings. The molecule has 0 rings (SSSR count). The monoisotopic (exact) mass is 281 g/mol. The van der Waals surface area contributed by atoms with E-state index in [9.17, 15) is 0 Å². The molecule has 0 aromatic heterocycles. The number of rotatable bonds is 16. The summed E-state index contributed by atoms with van der Waals surface area (Å²) < 4.78 is 0. The molecule has 1 heteroatoms. The van der Waals surface area contributed by atoms with Gasteiger partial charge in [-0.25, -0.2) is 0 Å². The van der Waals surface area contributed by atoms with Crippen molar-refractivity contribution < 1.29 is 0 Å². The molecule has 1 nitrogen and oxygen atoms in total. The minimum atomic E-state index is 0.822. The molecule has 0 saturated carbocycles. The van der Waals surface area contributed by atoms with Crippen LogP contribution in [0.3, 0.4) is 0 Å². The smallest absolute Gasteiger partial charge is 0.00743 e. The van der Waals surface area contributed by atoms with Crippen LogP contribution in [0.4, 0.5) is 0 Å². The van der Waals surface area contributed by atoms with Gasteiger partial charge in [-0.05, 0) is 32.2 Å². The topological polar surface area (TPSA) is 26.0 Å². The van der Waals surface area contributed by atoms with Crippen molar-refractivity contribution in [3.8, 4) is 0 Å². The number of hydrogen-bond donors (Lipinski definition) is 1. The summed E-state index contributed by atoms with van der Waals surface area (Å²) in [4.78, 5) is 0. The molecule has 0 aliphatic heterocycles. The summed E-state index contributed by atoms with van der Waals surface area (Å²) in [6.45, 7) is 3.11. The molecular formula is C19H39N. The molecule has 0 fully saturated rings. The maximum Gasteiger partial charge on any atom is -0.00743 e. The standard InChI is InChI=1S/C19H39N/c1-2-3-4-5-6-7-8-9-10-11-12-13-14-15-16-17-18-19-20/h15-16H,2-14,17-20H2,1H3. The summed E-state index contributed by atoms with van der Waals surface area (Å²) in [5, 5.41) is 0. The third-order valence-electron chi connectivity index (χ3n) is 3.97. The normalized spacial score (nSPS) is 11.5. The fourth-order valence-electron chi connectivity index (χ4n) is 2.57. The van der Waals surface area contributed by atoms with Gasteiger partial charge in [0.15, 0.2) is 0 Å². The highest BCUT2D eigenvalue weighted by atomic mass is 14.5. The molecule has 0 bridgehead atoms. The molecule has 0 heterocycles. The van der Waals surface area contributed by atoms with E-state index in [1.165, 1.54) is 83.5 Å². The molecule has 0 unspecified atom stereocenters. The van der Waals surface area contributed by atoms with Gasteiger partial charge in [-0.1, -0.05) is 89.7 Å². The number of hydrogen-bond acceptors (Lipinski definition) is 1. The summed E-state index contributed by atoms with van der Waals surface area (Å²) in [5.74, 6) is 0. The first-order valence-electron chi connectivity index (χ1n) is 9.27. The Morgan fingerprint density at radius 3 is 1.40 bits per heavy atom. The van der Waals surface area contributed by atoms with Crippen molar-refractivity contribution in [2.45, 2.75) is 103 Å². The second-order valence-corrected chi connectivity index (χ2v) is 6.08. The Labute approximate surface area is 128 Å². The van der Waals surface area contributed by atoms with Crippen molar-refractivity contribution in [1.29, 1.82) is 0 Å². The van der Waals surface area contributed by atoms with Crippen LogP contribution in [0.5, 0.6) is 0 Å². The van der Waals surface area contributed by atoms with E-state index in [1.807, 2.05) is 0 Å². The zero-order valence-corrected chi connectivity index (χ0v) is 14.0. The Morgan fingerprint density at radius 2 is 0.950 bits per heavy atom. The molecule has 0 amide bonds. The molecule has 0 saturated heterocycles. The SMILES string of the molecule is CCCCCCCCCCCCCCC=CCCCN. The molecular weight excluding hydrogens is 242 g/mol. The Kier molecular flexibility index (Phi) is 18.4. The predicted octanol–water partition coefficient (Wildman–Crippen LogP) is 6.37. The molecule has 2 N–H and O–H groups in total. The number of allylic oxidation sites excluding steroid dienone is 2. The average Bonchev–Trinajstić information content (AvgIpc) is 2.47. The lowest BCUT2D eigenvalue weighted by Gasteiger charge is -2.02.